The van der Waals surface area contributed by atoms with Gasteiger partial charge in [-0.05, 0) is 37.8 Å². The maximum absolute atomic E-state index is 11.9. The molecule has 2 aliphatic carbocycles. The summed E-state index contributed by atoms with van der Waals surface area (Å²) in [5.74, 6) is 3.36. The van der Waals surface area contributed by atoms with Crippen LogP contribution in [-0.4, -0.2) is 29.4 Å². The van der Waals surface area contributed by atoms with E-state index in [0.29, 0.717) is 22.6 Å². The van der Waals surface area contributed by atoms with E-state index in [9.17, 15) is 8.42 Å². The Labute approximate surface area is 140 Å². The first-order chi connectivity index (χ1) is 11.0. The third-order valence-corrected chi connectivity index (χ3v) is 6.61. The number of hydrogen-bond acceptors (Lipinski definition) is 5. The molecule has 4 rings (SSSR count). The highest BCUT2D eigenvalue weighted by Crippen LogP contribution is 2.45. The molecule has 2 aliphatic rings. The summed E-state index contributed by atoms with van der Waals surface area (Å²) < 4.78 is 26.1. The van der Waals surface area contributed by atoms with E-state index in [1.165, 1.54) is 43.7 Å². The van der Waals surface area contributed by atoms with Gasteiger partial charge in [-0.25, -0.2) is 8.42 Å². The maximum atomic E-state index is 11.9. The average Bonchev–Trinajstić information content (AvgIpc) is 3.43. The summed E-state index contributed by atoms with van der Waals surface area (Å²) >= 11 is 1.53. The number of benzene rings is 1. The van der Waals surface area contributed by atoms with Crippen LogP contribution >= 0.6 is 11.8 Å². The van der Waals surface area contributed by atoms with Gasteiger partial charge in [-0.1, -0.05) is 12.1 Å². The number of aromatic nitrogens is 3. The van der Waals surface area contributed by atoms with E-state index >= 15 is 0 Å². The van der Waals surface area contributed by atoms with Crippen LogP contribution in [0.15, 0.2) is 34.1 Å². The van der Waals surface area contributed by atoms with Crippen LogP contribution in [0.3, 0.4) is 0 Å². The van der Waals surface area contributed by atoms with Gasteiger partial charge in [0.15, 0.2) is 9.84 Å². The van der Waals surface area contributed by atoms with Crippen molar-refractivity contribution in [2.24, 2.45) is 0 Å². The second-order valence-electron chi connectivity index (χ2n) is 6.36. The SMILES string of the molecule is CS(=O)(=O)c1ccccc1SCc1nnc(C2CC2)n1C1CC1. The van der Waals surface area contributed by atoms with E-state index in [4.69, 9.17) is 0 Å². The topological polar surface area (TPSA) is 64.8 Å². The number of rotatable bonds is 6. The van der Waals surface area contributed by atoms with E-state index in [-0.39, 0.29) is 0 Å². The Morgan fingerprint density at radius 3 is 2.57 bits per heavy atom. The summed E-state index contributed by atoms with van der Waals surface area (Å²) in [6, 6.07) is 7.72. The lowest BCUT2D eigenvalue weighted by molar-refractivity contribution is 0.600. The lowest BCUT2D eigenvalue weighted by Crippen LogP contribution is -2.05. The molecule has 122 valence electrons. The van der Waals surface area contributed by atoms with E-state index in [1.54, 1.807) is 12.1 Å². The van der Waals surface area contributed by atoms with Gasteiger partial charge in [0.2, 0.25) is 0 Å². The average molecular weight is 349 g/mol. The summed E-state index contributed by atoms with van der Waals surface area (Å²) in [7, 11) is -3.21. The molecule has 0 radical (unpaired) electrons. The van der Waals surface area contributed by atoms with Crippen LogP contribution in [0.1, 0.15) is 49.3 Å². The van der Waals surface area contributed by atoms with E-state index in [1.807, 2.05) is 12.1 Å². The number of nitrogens with zero attached hydrogens (tertiary/aromatic N) is 3. The van der Waals surface area contributed by atoms with Gasteiger partial charge >= 0.3 is 0 Å². The second-order valence-corrected chi connectivity index (χ2v) is 9.36. The third kappa shape index (κ3) is 3.17. The summed E-state index contributed by atoms with van der Waals surface area (Å²) in [5, 5.41) is 8.79. The molecule has 0 aliphatic heterocycles. The zero-order valence-corrected chi connectivity index (χ0v) is 14.6. The zero-order valence-electron chi connectivity index (χ0n) is 13.0. The number of hydrogen-bond donors (Lipinski definition) is 0. The zero-order chi connectivity index (χ0) is 16.0. The summed E-state index contributed by atoms with van der Waals surface area (Å²) in [6.07, 6.45) is 6.10. The Bertz CT molecular complexity index is 837. The van der Waals surface area contributed by atoms with Crippen LogP contribution in [-0.2, 0) is 15.6 Å². The smallest absolute Gasteiger partial charge is 0.176 e. The first kappa shape index (κ1) is 15.2. The molecule has 0 spiro atoms. The molecule has 23 heavy (non-hydrogen) atoms. The minimum absolute atomic E-state index is 0.393. The molecule has 2 saturated carbocycles. The Morgan fingerprint density at radius 2 is 1.91 bits per heavy atom. The molecule has 1 aromatic carbocycles. The highest BCUT2D eigenvalue weighted by Gasteiger charge is 2.36. The molecule has 0 N–H and O–H groups in total. The highest BCUT2D eigenvalue weighted by atomic mass is 32.2. The van der Waals surface area contributed by atoms with Crippen molar-refractivity contribution in [3.05, 3.63) is 35.9 Å². The van der Waals surface area contributed by atoms with Gasteiger partial charge in [0.25, 0.3) is 0 Å². The third-order valence-electron chi connectivity index (χ3n) is 4.25. The van der Waals surface area contributed by atoms with Crippen LogP contribution in [0.2, 0.25) is 0 Å². The lowest BCUT2D eigenvalue weighted by Gasteiger charge is -2.10. The van der Waals surface area contributed by atoms with Crippen molar-refractivity contribution in [3.8, 4) is 0 Å². The van der Waals surface area contributed by atoms with Crippen molar-refractivity contribution in [2.75, 3.05) is 6.26 Å². The summed E-state index contributed by atoms with van der Waals surface area (Å²) in [4.78, 5) is 1.18. The summed E-state index contributed by atoms with van der Waals surface area (Å²) in [6.45, 7) is 0. The van der Waals surface area contributed by atoms with Crippen LogP contribution in [0.25, 0.3) is 0 Å². The van der Waals surface area contributed by atoms with Gasteiger partial charge in [0.05, 0.1) is 10.6 Å². The standard InChI is InChI=1S/C16H19N3O2S2/c1-23(20,21)14-5-3-2-4-13(14)22-10-15-17-18-16(11-6-7-11)19(15)12-8-9-12/h2-5,11-12H,6-10H2,1H3. The lowest BCUT2D eigenvalue weighted by atomic mass is 10.4. The molecule has 2 fully saturated rings. The van der Waals surface area contributed by atoms with Crippen LogP contribution in [0, 0.1) is 0 Å². The fraction of sp³-hybridized carbons (Fsp3) is 0.500. The fourth-order valence-electron chi connectivity index (χ4n) is 2.80. The second kappa shape index (κ2) is 5.63. The molecule has 7 heteroatoms. The van der Waals surface area contributed by atoms with Crippen LogP contribution < -0.4 is 0 Å². The Kier molecular flexibility index (Phi) is 3.72. The predicted octanol–water partition coefficient (Wildman–Crippen LogP) is 3.19. The van der Waals surface area contributed by atoms with Crippen molar-refractivity contribution < 1.29 is 8.42 Å². The molecule has 1 heterocycles. The molecule has 1 aromatic heterocycles. The van der Waals surface area contributed by atoms with Crippen molar-refractivity contribution in [2.45, 2.75) is 53.2 Å². The van der Waals surface area contributed by atoms with Crippen molar-refractivity contribution in [3.63, 3.8) is 0 Å². The molecule has 0 bridgehead atoms. The molecule has 0 amide bonds. The van der Waals surface area contributed by atoms with Gasteiger partial charge in [-0.3, -0.25) is 0 Å². The van der Waals surface area contributed by atoms with Crippen molar-refractivity contribution >= 4 is 21.6 Å². The normalized spacial score (nSPS) is 18.3. The quantitative estimate of drug-likeness (QED) is 0.750. The van der Waals surface area contributed by atoms with Gasteiger partial charge in [-0.2, -0.15) is 0 Å². The molecule has 0 unspecified atom stereocenters. The van der Waals surface area contributed by atoms with Gasteiger partial charge in [0.1, 0.15) is 11.6 Å². The Morgan fingerprint density at radius 1 is 1.17 bits per heavy atom. The minimum atomic E-state index is -3.21. The molecule has 5 nitrogen and oxygen atoms in total. The Balaban J connectivity index is 1.59. The van der Waals surface area contributed by atoms with E-state index < -0.39 is 9.84 Å². The maximum Gasteiger partial charge on any atom is 0.176 e. The first-order valence-corrected chi connectivity index (χ1v) is 10.8. The summed E-state index contributed by atoms with van der Waals surface area (Å²) in [5.41, 5.74) is 0. The van der Waals surface area contributed by atoms with Crippen molar-refractivity contribution in [1.82, 2.24) is 14.8 Å². The molecule has 2 aromatic rings. The molecular formula is C16H19N3O2S2. The fourth-order valence-corrected chi connectivity index (χ4v) is 5.06. The van der Waals surface area contributed by atoms with E-state index in [2.05, 4.69) is 14.8 Å². The molecular weight excluding hydrogens is 330 g/mol. The van der Waals surface area contributed by atoms with Crippen molar-refractivity contribution in [1.29, 1.82) is 0 Å². The van der Waals surface area contributed by atoms with Gasteiger partial charge < -0.3 is 4.57 Å². The monoisotopic (exact) mass is 349 g/mol. The predicted molar refractivity (Wildman–Crippen MR) is 89.4 cm³/mol. The van der Waals surface area contributed by atoms with Gasteiger partial charge in [-0.15, -0.1) is 22.0 Å². The largest absolute Gasteiger partial charge is 0.311 e. The van der Waals surface area contributed by atoms with Gasteiger partial charge in [0, 0.05) is 23.1 Å². The Hall–Kier alpha value is -1.34. The number of thioether (sulfide) groups is 1. The van der Waals surface area contributed by atoms with E-state index in [0.717, 1.165) is 16.5 Å². The van der Waals surface area contributed by atoms with Crippen LogP contribution in [0.5, 0.6) is 0 Å². The molecule has 0 atom stereocenters. The number of sulfone groups is 1. The first-order valence-electron chi connectivity index (χ1n) is 7.89. The highest BCUT2D eigenvalue weighted by molar-refractivity contribution is 7.99. The minimum Gasteiger partial charge on any atom is -0.311 e. The van der Waals surface area contributed by atoms with Crippen LogP contribution in [0.4, 0.5) is 0 Å². The molecule has 0 saturated heterocycles.